The van der Waals surface area contributed by atoms with E-state index in [1.54, 1.807) is 6.08 Å². The summed E-state index contributed by atoms with van der Waals surface area (Å²) in [6, 6.07) is 0. The Labute approximate surface area is 280 Å². The summed E-state index contributed by atoms with van der Waals surface area (Å²) < 4.78 is 0. The number of hydrogen-bond donors (Lipinski definition) is 3. The van der Waals surface area contributed by atoms with Crippen molar-refractivity contribution in [2.75, 3.05) is 11.5 Å². The molecule has 0 spiro atoms. The van der Waals surface area contributed by atoms with Gasteiger partial charge in [0.1, 0.15) is 0 Å². The Morgan fingerprint density at radius 2 is 1.33 bits per heavy atom. The summed E-state index contributed by atoms with van der Waals surface area (Å²) in [6.07, 6.45) is 11.7. The molecular formula is C34H33FeN4O4S2+. The van der Waals surface area contributed by atoms with Gasteiger partial charge in [-0.15, -0.1) is 44.2 Å². The number of thiol groups is 2. The smallest absolute Gasteiger partial charge is 0.657 e. The average molecular weight is 682 g/mol. The fraction of sp³-hybridized carbons (Fsp3) is 0.294. The van der Waals surface area contributed by atoms with Crippen LogP contribution in [-0.2, 0) is 44.8 Å². The first-order chi connectivity index (χ1) is 21.0. The SMILES string of the molecule is Cc1c2[n-]c(c1CCC(=O)O)/C=c1\[n-]c(c(C)\c1=C/CC(=O)O)/C=c1\[n-]c(c(C)\c1=C/CS)/C=c1\[n-]/c(c(C)c1[C@@H]1C[SH+]1)=C\2.[Fe+4]. The number of aromatic nitrogens is 4. The molecule has 0 unspecified atom stereocenters. The number of hydrogen-bond acceptors (Lipinski definition) is 3. The van der Waals surface area contributed by atoms with E-state index in [4.69, 9.17) is 19.9 Å². The fourth-order valence-electron chi connectivity index (χ4n) is 5.97. The number of carboxylic acids is 2. The van der Waals surface area contributed by atoms with E-state index < -0.39 is 11.9 Å². The number of fused-ring (bicyclic) bond motifs is 8. The molecule has 2 aliphatic rings. The van der Waals surface area contributed by atoms with Gasteiger partial charge in [0.15, 0.2) is 11.0 Å². The molecule has 0 aromatic carbocycles. The van der Waals surface area contributed by atoms with E-state index in [0.717, 1.165) is 66.2 Å². The zero-order valence-corrected chi connectivity index (χ0v) is 28.2. The normalized spacial score (nSPS) is 18.9. The molecular weight excluding hydrogens is 648 g/mol. The fourth-order valence-corrected chi connectivity index (χ4v) is 6.95. The molecule has 0 saturated carbocycles. The monoisotopic (exact) mass is 681 g/mol. The summed E-state index contributed by atoms with van der Waals surface area (Å²) in [4.78, 5) is 43.2. The van der Waals surface area contributed by atoms with Crippen LogP contribution in [0.5, 0.6) is 0 Å². The van der Waals surface area contributed by atoms with Gasteiger partial charge in [-0.2, -0.15) is 12.6 Å². The molecule has 6 heterocycles. The summed E-state index contributed by atoms with van der Waals surface area (Å²) in [5.41, 5.74) is 8.85. The van der Waals surface area contributed by atoms with E-state index >= 15 is 0 Å². The van der Waals surface area contributed by atoms with Crippen LogP contribution in [0.15, 0.2) is 0 Å². The van der Waals surface area contributed by atoms with Crippen LogP contribution in [0.4, 0.5) is 0 Å². The number of aliphatic carboxylic acids is 2. The average Bonchev–Trinajstić information content (AvgIpc) is 3.53. The van der Waals surface area contributed by atoms with Crippen molar-refractivity contribution in [2.45, 2.75) is 52.2 Å². The van der Waals surface area contributed by atoms with Crippen LogP contribution in [0, 0.1) is 27.7 Å². The van der Waals surface area contributed by atoms with Gasteiger partial charge < -0.3 is 30.1 Å². The largest absolute Gasteiger partial charge is 4.00 e. The first kappa shape index (κ1) is 32.9. The van der Waals surface area contributed by atoms with Crippen LogP contribution in [0.2, 0.25) is 0 Å². The Kier molecular flexibility index (Phi) is 9.56. The van der Waals surface area contributed by atoms with Gasteiger partial charge in [-0.3, -0.25) is 9.59 Å². The van der Waals surface area contributed by atoms with Crippen molar-refractivity contribution < 1.29 is 36.9 Å². The molecule has 2 aliphatic heterocycles. The van der Waals surface area contributed by atoms with Gasteiger partial charge in [0.2, 0.25) is 0 Å². The predicted molar refractivity (Wildman–Crippen MR) is 177 cm³/mol. The van der Waals surface area contributed by atoms with Crippen LogP contribution in [0.1, 0.15) is 74.2 Å². The van der Waals surface area contributed by atoms with Crippen LogP contribution in [0.3, 0.4) is 0 Å². The van der Waals surface area contributed by atoms with E-state index in [-0.39, 0.29) is 29.9 Å². The summed E-state index contributed by atoms with van der Waals surface area (Å²) in [7, 11) is 0. The molecule has 45 heavy (non-hydrogen) atoms. The first-order valence-electron chi connectivity index (χ1n) is 14.5. The molecule has 1 fully saturated rings. The number of carboxylic acid groups (broad SMARTS) is 2. The second-order valence-electron chi connectivity index (χ2n) is 11.3. The molecule has 0 amide bonds. The van der Waals surface area contributed by atoms with Crippen molar-refractivity contribution in [3.05, 3.63) is 88.0 Å². The van der Waals surface area contributed by atoms with Gasteiger partial charge in [0.25, 0.3) is 0 Å². The topological polar surface area (TPSA) is 131 Å². The summed E-state index contributed by atoms with van der Waals surface area (Å²) in [6.45, 7) is 8.06. The van der Waals surface area contributed by atoms with Crippen molar-refractivity contribution in [1.82, 2.24) is 19.9 Å². The van der Waals surface area contributed by atoms with Gasteiger partial charge in [-0.1, -0.05) is 64.3 Å². The van der Waals surface area contributed by atoms with E-state index in [0.29, 0.717) is 39.4 Å². The minimum Gasteiger partial charge on any atom is -0.657 e. The van der Waals surface area contributed by atoms with Gasteiger partial charge in [-0.25, -0.2) is 0 Å². The molecule has 1 atom stereocenters. The molecule has 232 valence electrons. The second-order valence-corrected chi connectivity index (χ2v) is 13.0. The zero-order valence-electron chi connectivity index (χ0n) is 25.3. The summed E-state index contributed by atoms with van der Waals surface area (Å²) in [5, 5.41) is 24.2. The Morgan fingerprint density at radius 1 is 0.778 bits per heavy atom. The molecule has 4 aromatic heterocycles. The maximum atomic E-state index is 11.6. The molecule has 0 aliphatic carbocycles. The third-order valence-electron chi connectivity index (χ3n) is 8.46. The number of rotatable bonds is 7. The summed E-state index contributed by atoms with van der Waals surface area (Å²) >= 11 is 5.86. The maximum absolute atomic E-state index is 11.6. The molecule has 4 aromatic rings. The molecule has 8 bridgehead atoms. The van der Waals surface area contributed by atoms with Crippen LogP contribution < -0.4 is 51.8 Å². The van der Waals surface area contributed by atoms with Crippen molar-refractivity contribution in [1.29, 1.82) is 0 Å². The minimum atomic E-state index is -0.942. The minimum absolute atomic E-state index is 0. The third-order valence-corrected chi connectivity index (χ3v) is 9.63. The van der Waals surface area contributed by atoms with Gasteiger partial charge >= 0.3 is 29.0 Å². The second kappa shape index (κ2) is 13.1. The summed E-state index contributed by atoms with van der Waals surface area (Å²) in [5.74, 6) is -0.181. The zero-order chi connectivity index (χ0) is 31.3. The Bertz CT molecular complexity index is 2210. The van der Waals surface area contributed by atoms with E-state index in [1.807, 2.05) is 38.2 Å². The van der Waals surface area contributed by atoms with Crippen molar-refractivity contribution in [3.8, 4) is 0 Å². The Hall–Kier alpha value is -3.50. The van der Waals surface area contributed by atoms with E-state index in [2.05, 4.69) is 32.6 Å². The van der Waals surface area contributed by atoms with E-state index in [1.165, 1.54) is 17.3 Å². The molecule has 6 rings (SSSR count). The quantitative estimate of drug-likeness (QED) is 0.0885. The van der Waals surface area contributed by atoms with E-state index in [9.17, 15) is 19.8 Å². The van der Waals surface area contributed by atoms with Gasteiger partial charge in [0, 0.05) is 12.2 Å². The molecule has 8 nitrogen and oxygen atoms in total. The number of carbonyl (C=O) groups is 2. The maximum Gasteiger partial charge on any atom is 4.00 e. The first-order valence-corrected chi connectivity index (χ1v) is 16.3. The predicted octanol–water partition coefficient (Wildman–Crippen LogP) is -0.773. The standard InChI is InChI=1S/C34H32N4O4S2.Fe/c1-16-20(5-7-32(39)40)28-14-29-21(6-8-33(41)42)17(2)24(36-29)12-27-22(9-10-43)18(3)25(37-27)13-30-34(31-15-44-31)19(4)26(38-30)11-23(16)35-28;/h6,9,11-14,31,43H,5,7-8,10,15H2,1-4H3,(H,39,40)(H,41,42);/q-4;+4/p+1/b21-6+,22-9+,26-11-,27-12-,29-14-,30-13-;/t31-;/m0./s1. The van der Waals surface area contributed by atoms with Crippen molar-refractivity contribution >= 4 is 72.8 Å². The van der Waals surface area contributed by atoms with Gasteiger partial charge in [0.05, 0.1) is 6.42 Å². The van der Waals surface area contributed by atoms with Crippen molar-refractivity contribution in [2.24, 2.45) is 0 Å². The van der Waals surface area contributed by atoms with Crippen LogP contribution in [0.25, 0.3) is 36.5 Å². The molecule has 2 N–H and O–H groups in total. The van der Waals surface area contributed by atoms with Crippen LogP contribution in [-0.4, -0.2) is 33.7 Å². The third kappa shape index (κ3) is 6.45. The van der Waals surface area contributed by atoms with Crippen molar-refractivity contribution in [3.63, 3.8) is 0 Å². The molecule has 1 saturated heterocycles. The molecule has 0 radical (unpaired) electrons. The van der Waals surface area contributed by atoms with Crippen LogP contribution >= 0.6 is 12.6 Å². The Balaban J connectivity index is 0.00000400. The molecule has 11 heteroatoms. The Morgan fingerprint density at radius 3 is 1.91 bits per heavy atom. The number of nitrogens with zero attached hydrogens (tertiary/aromatic N) is 4. The van der Waals surface area contributed by atoms with Gasteiger partial charge in [-0.05, 0) is 61.9 Å².